The van der Waals surface area contributed by atoms with Gasteiger partial charge in [0.2, 0.25) is 11.8 Å². The summed E-state index contributed by atoms with van der Waals surface area (Å²) in [4.78, 5) is 28.6. The summed E-state index contributed by atoms with van der Waals surface area (Å²) in [7, 11) is -2.78. The van der Waals surface area contributed by atoms with Crippen molar-refractivity contribution < 1.29 is 22.7 Å². The molecule has 220 valence electrons. The van der Waals surface area contributed by atoms with E-state index in [1.165, 1.54) is 42.3 Å². The molecule has 0 saturated heterocycles. The Balaban J connectivity index is 2.09. The number of nitrogens with one attached hydrogen (secondary N) is 1. The third-order valence-electron chi connectivity index (χ3n) is 6.20. The maximum atomic E-state index is 14.1. The zero-order valence-electron chi connectivity index (χ0n) is 23.1. The van der Waals surface area contributed by atoms with Crippen molar-refractivity contribution in [3.05, 3.63) is 87.4 Å². The van der Waals surface area contributed by atoms with Gasteiger partial charge in [0.15, 0.2) is 0 Å². The maximum Gasteiger partial charge on any atom is 0.264 e. The van der Waals surface area contributed by atoms with Gasteiger partial charge >= 0.3 is 0 Å². The molecule has 0 saturated carbocycles. The number of rotatable bonds is 12. The SMILES string of the molecule is CCC(C(=O)NC(C)C)N(Cc1ccc(Cl)cc1Cl)C(=O)CN(c1cccc(Cl)c1)S(=O)(=O)c1ccc(OC)cc1. The number of carbonyl (C=O) groups is 2. The number of hydrogen-bond acceptors (Lipinski definition) is 5. The van der Waals surface area contributed by atoms with Gasteiger partial charge in [-0.1, -0.05) is 53.9 Å². The average molecular weight is 641 g/mol. The van der Waals surface area contributed by atoms with E-state index in [0.717, 1.165) is 4.31 Å². The number of benzene rings is 3. The number of methoxy groups -OCH3 is 1. The maximum absolute atomic E-state index is 14.1. The van der Waals surface area contributed by atoms with E-state index in [-0.39, 0.29) is 40.5 Å². The third-order valence-corrected chi connectivity index (χ3v) is 8.81. The quantitative estimate of drug-likeness (QED) is 0.255. The highest BCUT2D eigenvalue weighted by molar-refractivity contribution is 7.92. The summed E-state index contributed by atoms with van der Waals surface area (Å²) in [5.41, 5.74) is 0.735. The Labute approximate surface area is 256 Å². The summed E-state index contributed by atoms with van der Waals surface area (Å²) in [5.74, 6) is -0.505. The molecule has 0 heterocycles. The van der Waals surface area contributed by atoms with Crippen LogP contribution in [0.4, 0.5) is 5.69 Å². The summed E-state index contributed by atoms with van der Waals surface area (Å²) in [6, 6.07) is 15.8. The summed E-state index contributed by atoms with van der Waals surface area (Å²) in [5, 5.41) is 3.87. The fourth-order valence-corrected chi connectivity index (χ4v) is 6.23. The van der Waals surface area contributed by atoms with Crippen molar-refractivity contribution in [1.29, 1.82) is 0 Å². The van der Waals surface area contributed by atoms with Gasteiger partial charge in [0.1, 0.15) is 18.3 Å². The number of ether oxygens (including phenoxy) is 1. The number of sulfonamides is 1. The molecule has 0 spiro atoms. The second-order valence-electron chi connectivity index (χ2n) is 9.51. The standard InChI is InChI=1S/C29H32Cl3N3O5S/c1-5-27(29(37)33-19(2)3)34(17-20-9-10-22(31)16-26(20)32)28(36)18-35(23-8-6-7-21(30)15-23)41(38,39)25-13-11-24(40-4)12-14-25/h6-16,19,27H,5,17-18H2,1-4H3,(H,33,37). The molecular formula is C29H32Cl3N3O5S. The second-order valence-corrected chi connectivity index (χ2v) is 12.7. The highest BCUT2D eigenvalue weighted by Crippen LogP contribution is 2.29. The zero-order valence-corrected chi connectivity index (χ0v) is 26.2. The Bertz CT molecular complexity index is 1480. The van der Waals surface area contributed by atoms with Crippen LogP contribution in [0.1, 0.15) is 32.8 Å². The molecule has 41 heavy (non-hydrogen) atoms. The Morgan fingerprint density at radius 3 is 2.17 bits per heavy atom. The van der Waals surface area contributed by atoms with E-state index in [0.29, 0.717) is 21.4 Å². The number of anilines is 1. The lowest BCUT2D eigenvalue weighted by Crippen LogP contribution is -2.53. The van der Waals surface area contributed by atoms with Crippen LogP contribution in [0.5, 0.6) is 5.75 Å². The van der Waals surface area contributed by atoms with Crippen LogP contribution in [0.25, 0.3) is 0 Å². The van der Waals surface area contributed by atoms with Gasteiger partial charge in [0.25, 0.3) is 10.0 Å². The minimum atomic E-state index is -4.26. The van der Waals surface area contributed by atoms with Gasteiger partial charge in [-0.05, 0) is 80.4 Å². The minimum absolute atomic E-state index is 0.0508. The Hall–Kier alpha value is -2.98. The molecule has 0 aliphatic heterocycles. The van der Waals surface area contributed by atoms with Crippen molar-refractivity contribution in [3.63, 3.8) is 0 Å². The molecule has 1 unspecified atom stereocenters. The summed E-state index contributed by atoms with van der Waals surface area (Å²) < 4.78 is 34.0. The van der Waals surface area contributed by atoms with Crippen molar-refractivity contribution in [2.24, 2.45) is 0 Å². The lowest BCUT2D eigenvalue weighted by Gasteiger charge is -2.33. The van der Waals surface area contributed by atoms with E-state index in [2.05, 4.69) is 5.32 Å². The van der Waals surface area contributed by atoms with Crippen molar-refractivity contribution >= 4 is 62.3 Å². The molecule has 0 aromatic heterocycles. The van der Waals surface area contributed by atoms with Crippen molar-refractivity contribution in [3.8, 4) is 5.75 Å². The second kappa shape index (κ2) is 14.3. The van der Waals surface area contributed by atoms with Gasteiger partial charge in [-0.25, -0.2) is 8.42 Å². The van der Waals surface area contributed by atoms with Crippen LogP contribution >= 0.6 is 34.8 Å². The predicted octanol–water partition coefficient (Wildman–Crippen LogP) is 6.18. The molecule has 0 bridgehead atoms. The van der Waals surface area contributed by atoms with Gasteiger partial charge in [0.05, 0.1) is 17.7 Å². The molecule has 8 nitrogen and oxygen atoms in total. The van der Waals surface area contributed by atoms with E-state index >= 15 is 0 Å². The van der Waals surface area contributed by atoms with Gasteiger partial charge in [-0.15, -0.1) is 0 Å². The first-order valence-electron chi connectivity index (χ1n) is 12.8. The summed E-state index contributed by atoms with van der Waals surface area (Å²) >= 11 is 18.7. The van der Waals surface area contributed by atoms with Crippen LogP contribution in [0.3, 0.4) is 0 Å². The minimum Gasteiger partial charge on any atom is -0.497 e. The Morgan fingerprint density at radius 2 is 1.61 bits per heavy atom. The van der Waals surface area contributed by atoms with Crippen molar-refractivity contribution in [2.75, 3.05) is 18.0 Å². The van der Waals surface area contributed by atoms with Crippen LogP contribution in [0.2, 0.25) is 15.1 Å². The molecule has 0 fully saturated rings. The van der Waals surface area contributed by atoms with Crippen LogP contribution in [0, 0.1) is 0 Å². The molecule has 0 radical (unpaired) electrons. The molecule has 3 aromatic carbocycles. The zero-order chi connectivity index (χ0) is 30.3. The lowest BCUT2D eigenvalue weighted by atomic mass is 10.1. The van der Waals surface area contributed by atoms with Crippen LogP contribution in [-0.4, -0.2) is 50.9 Å². The topological polar surface area (TPSA) is 96.0 Å². The monoisotopic (exact) mass is 639 g/mol. The number of hydrogen-bond donors (Lipinski definition) is 1. The van der Waals surface area contributed by atoms with E-state index in [9.17, 15) is 18.0 Å². The average Bonchev–Trinajstić information content (AvgIpc) is 2.92. The molecular weight excluding hydrogens is 609 g/mol. The molecule has 12 heteroatoms. The molecule has 0 aliphatic rings. The van der Waals surface area contributed by atoms with Crippen LogP contribution < -0.4 is 14.4 Å². The lowest BCUT2D eigenvalue weighted by molar-refractivity contribution is -0.140. The van der Waals surface area contributed by atoms with Gasteiger partial charge in [-0.3, -0.25) is 13.9 Å². The molecule has 1 atom stereocenters. The van der Waals surface area contributed by atoms with E-state index in [4.69, 9.17) is 39.5 Å². The number of nitrogens with zero attached hydrogens (tertiary/aromatic N) is 2. The fourth-order valence-electron chi connectivity index (χ4n) is 4.17. The smallest absolute Gasteiger partial charge is 0.264 e. The molecule has 3 aromatic rings. The first-order chi connectivity index (χ1) is 19.4. The van der Waals surface area contributed by atoms with Gasteiger partial charge < -0.3 is 15.0 Å². The largest absolute Gasteiger partial charge is 0.497 e. The van der Waals surface area contributed by atoms with Crippen LogP contribution in [-0.2, 0) is 26.2 Å². The predicted molar refractivity (Wildman–Crippen MR) is 163 cm³/mol. The molecule has 1 N–H and O–H groups in total. The Morgan fingerprint density at radius 1 is 0.951 bits per heavy atom. The Kier molecular flexibility index (Phi) is 11.3. The van der Waals surface area contributed by atoms with Gasteiger partial charge in [-0.2, -0.15) is 0 Å². The third kappa shape index (κ3) is 8.29. The van der Waals surface area contributed by atoms with E-state index in [1.54, 1.807) is 43.3 Å². The summed E-state index contributed by atoms with van der Waals surface area (Å²) in [6.45, 7) is 4.75. The van der Waals surface area contributed by atoms with Gasteiger partial charge in [0, 0.05) is 27.7 Å². The van der Waals surface area contributed by atoms with E-state index < -0.39 is 28.5 Å². The fraction of sp³-hybridized carbons (Fsp3) is 0.310. The normalized spacial score (nSPS) is 12.1. The highest BCUT2D eigenvalue weighted by atomic mass is 35.5. The van der Waals surface area contributed by atoms with Crippen LogP contribution in [0.15, 0.2) is 71.6 Å². The molecule has 0 aliphatic carbocycles. The van der Waals surface area contributed by atoms with Crippen molar-refractivity contribution in [2.45, 2.75) is 50.7 Å². The first kappa shape index (κ1) is 32.5. The van der Waals surface area contributed by atoms with E-state index in [1.807, 2.05) is 13.8 Å². The number of halogens is 3. The van der Waals surface area contributed by atoms with Crippen molar-refractivity contribution in [1.82, 2.24) is 10.2 Å². The number of carbonyl (C=O) groups excluding carboxylic acids is 2. The molecule has 2 amide bonds. The highest BCUT2D eigenvalue weighted by Gasteiger charge is 2.34. The first-order valence-corrected chi connectivity index (χ1v) is 15.4. The number of amides is 2. The summed E-state index contributed by atoms with van der Waals surface area (Å²) in [6.07, 6.45) is 0.276. The molecule has 3 rings (SSSR count).